The molecule has 30 heavy (non-hydrogen) atoms. The Morgan fingerprint density at radius 3 is 2.30 bits per heavy atom. The first-order valence-corrected chi connectivity index (χ1v) is 9.84. The second kappa shape index (κ2) is 9.14. The molecule has 0 spiro atoms. The van der Waals surface area contributed by atoms with E-state index in [4.69, 9.17) is 23.2 Å². The van der Waals surface area contributed by atoms with Crippen LogP contribution in [0.5, 0.6) is 0 Å². The number of carbonyl (C=O) groups is 2. The zero-order valence-corrected chi connectivity index (χ0v) is 17.2. The Bertz CT molecular complexity index is 945. The van der Waals surface area contributed by atoms with Crippen LogP contribution in [0, 0.1) is 0 Å². The average molecular weight is 460 g/mol. The molecule has 0 bridgehead atoms. The Hall–Kier alpha value is -2.45. The third-order valence-electron chi connectivity index (χ3n) is 4.75. The average Bonchev–Trinajstić information content (AvgIpc) is 2.73. The number of hydrogen-bond donors (Lipinski definition) is 1. The smallest absolute Gasteiger partial charge is 0.368 e. The number of carbonyl (C=O) groups excluding carboxylic acids is 2. The van der Waals surface area contributed by atoms with Crippen molar-refractivity contribution in [3.63, 3.8) is 0 Å². The summed E-state index contributed by atoms with van der Waals surface area (Å²) in [4.78, 5) is 27.9. The maximum atomic E-state index is 12.9. The summed E-state index contributed by atoms with van der Waals surface area (Å²) in [5.41, 5.74) is 0.0416. The second-order valence-electron chi connectivity index (χ2n) is 6.73. The van der Waals surface area contributed by atoms with Crippen molar-refractivity contribution in [2.45, 2.75) is 6.18 Å². The van der Waals surface area contributed by atoms with Crippen molar-refractivity contribution >= 4 is 40.7 Å². The molecule has 2 amide bonds. The molecule has 2 aromatic rings. The van der Waals surface area contributed by atoms with Crippen LogP contribution in [0.3, 0.4) is 0 Å². The molecular formula is C20H18Cl2F3N3O2. The van der Waals surface area contributed by atoms with Crippen molar-refractivity contribution in [1.29, 1.82) is 0 Å². The van der Waals surface area contributed by atoms with Crippen molar-refractivity contribution in [2.75, 3.05) is 37.6 Å². The van der Waals surface area contributed by atoms with E-state index >= 15 is 0 Å². The topological polar surface area (TPSA) is 52.7 Å². The molecule has 0 aromatic heterocycles. The van der Waals surface area contributed by atoms with Crippen molar-refractivity contribution in [1.82, 2.24) is 10.2 Å². The first-order valence-electron chi connectivity index (χ1n) is 9.08. The van der Waals surface area contributed by atoms with E-state index in [1.807, 2.05) is 0 Å². The molecule has 1 aliphatic rings. The van der Waals surface area contributed by atoms with Gasteiger partial charge in [-0.25, -0.2) is 0 Å². The molecule has 2 aromatic carbocycles. The lowest BCUT2D eigenvalue weighted by Crippen LogP contribution is -2.51. The molecule has 1 fully saturated rings. The van der Waals surface area contributed by atoms with E-state index in [0.29, 0.717) is 36.9 Å². The Morgan fingerprint density at radius 1 is 0.967 bits per heavy atom. The molecule has 160 valence electrons. The highest BCUT2D eigenvalue weighted by Gasteiger charge is 2.31. The maximum Gasteiger partial charge on any atom is 0.416 e. The predicted molar refractivity (Wildman–Crippen MR) is 109 cm³/mol. The Kier molecular flexibility index (Phi) is 6.77. The number of nitrogens with zero attached hydrogens (tertiary/aromatic N) is 2. The van der Waals surface area contributed by atoms with Gasteiger partial charge in [-0.1, -0.05) is 29.3 Å². The van der Waals surface area contributed by atoms with Gasteiger partial charge >= 0.3 is 6.18 Å². The fourth-order valence-electron chi connectivity index (χ4n) is 3.10. The van der Waals surface area contributed by atoms with Crippen LogP contribution in [0.1, 0.15) is 15.9 Å². The number of anilines is 1. The SMILES string of the molecule is O=C(NCC(=O)N1CCN(c2cccc(C(F)(F)F)c2)CC1)c1ccc(Cl)c(Cl)c1. The van der Waals surface area contributed by atoms with Gasteiger partial charge in [0.15, 0.2) is 0 Å². The van der Waals surface area contributed by atoms with E-state index in [0.717, 1.165) is 12.1 Å². The minimum Gasteiger partial charge on any atom is -0.368 e. The molecule has 0 unspecified atom stereocenters. The van der Waals surface area contributed by atoms with Crippen LogP contribution < -0.4 is 10.2 Å². The number of nitrogens with one attached hydrogen (secondary N) is 1. The summed E-state index contributed by atoms with van der Waals surface area (Å²) >= 11 is 11.7. The Morgan fingerprint density at radius 2 is 1.67 bits per heavy atom. The number of amides is 2. The Balaban J connectivity index is 1.52. The summed E-state index contributed by atoms with van der Waals surface area (Å²) < 4.78 is 38.7. The fraction of sp³-hybridized carbons (Fsp3) is 0.300. The number of rotatable bonds is 4. The number of halogens is 5. The van der Waals surface area contributed by atoms with Gasteiger partial charge in [-0.3, -0.25) is 9.59 Å². The Labute approximate surface area is 181 Å². The fourth-order valence-corrected chi connectivity index (χ4v) is 3.40. The highest BCUT2D eigenvalue weighted by Crippen LogP contribution is 2.31. The molecule has 1 aliphatic heterocycles. The molecule has 3 rings (SSSR count). The van der Waals surface area contributed by atoms with Crippen LogP contribution >= 0.6 is 23.2 Å². The number of piperazine rings is 1. The van der Waals surface area contributed by atoms with E-state index in [1.165, 1.54) is 24.3 Å². The normalized spacial score (nSPS) is 14.6. The van der Waals surface area contributed by atoms with Crippen molar-refractivity contribution in [3.05, 3.63) is 63.6 Å². The van der Waals surface area contributed by atoms with Crippen LogP contribution in [0.4, 0.5) is 18.9 Å². The van der Waals surface area contributed by atoms with Gasteiger partial charge in [0.2, 0.25) is 5.91 Å². The lowest BCUT2D eigenvalue weighted by atomic mass is 10.1. The lowest BCUT2D eigenvalue weighted by molar-refractivity contribution is -0.137. The molecule has 0 aliphatic carbocycles. The third kappa shape index (κ3) is 5.37. The van der Waals surface area contributed by atoms with Gasteiger partial charge in [0.05, 0.1) is 22.2 Å². The molecule has 0 saturated carbocycles. The van der Waals surface area contributed by atoms with Gasteiger partial charge in [-0.2, -0.15) is 13.2 Å². The summed E-state index contributed by atoms with van der Waals surface area (Å²) in [6.07, 6.45) is -4.40. The molecule has 1 N–H and O–H groups in total. The number of alkyl halides is 3. The van der Waals surface area contributed by atoms with Crippen LogP contribution in [-0.2, 0) is 11.0 Å². The minimum absolute atomic E-state index is 0.192. The highest BCUT2D eigenvalue weighted by atomic mass is 35.5. The number of hydrogen-bond acceptors (Lipinski definition) is 3. The predicted octanol–water partition coefficient (Wildman–Crippen LogP) is 4.09. The second-order valence-corrected chi connectivity index (χ2v) is 7.54. The van der Waals surface area contributed by atoms with Gasteiger partial charge in [-0.05, 0) is 36.4 Å². The zero-order valence-electron chi connectivity index (χ0n) is 15.7. The molecule has 0 radical (unpaired) electrons. The minimum atomic E-state index is -4.40. The van der Waals surface area contributed by atoms with Gasteiger partial charge in [0.25, 0.3) is 5.91 Å². The molecular weight excluding hydrogens is 442 g/mol. The van der Waals surface area contributed by atoms with Crippen LogP contribution in [-0.4, -0.2) is 49.4 Å². The molecule has 5 nitrogen and oxygen atoms in total. The molecule has 10 heteroatoms. The van der Waals surface area contributed by atoms with Crippen LogP contribution in [0.15, 0.2) is 42.5 Å². The summed E-state index contributed by atoms with van der Waals surface area (Å²) in [7, 11) is 0. The zero-order chi connectivity index (χ0) is 21.9. The molecule has 0 atom stereocenters. The lowest BCUT2D eigenvalue weighted by Gasteiger charge is -2.36. The van der Waals surface area contributed by atoms with Gasteiger partial charge < -0.3 is 15.1 Å². The van der Waals surface area contributed by atoms with E-state index in [1.54, 1.807) is 15.9 Å². The molecule has 1 saturated heterocycles. The third-order valence-corrected chi connectivity index (χ3v) is 5.49. The molecule has 1 heterocycles. The van der Waals surface area contributed by atoms with E-state index < -0.39 is 17.6 Å². The largest absolute Gasteiger partial charge is 0.416 e. The maximum absolute atomic E-state index is 12.9. The first-order chi connectivity index (χ1) is 14.1. The van der Waals surface area contributed by atoms with Gasteiger partial charge in [0.1, 0.15) is 0 Å². The summed E-state index contributed by atoms with van der Waals surface area (Å²) in [5.74, 6) is -0.725. The van der Waals surface area contributed by atoms with Crippen molar-refractivity contribution < 1.29 is 22.8 Å². The van der Waals surface area contributed by atoms with Crippen molar-refractivity contribution in [3.8, 4) is 0 Å². The van der Waals surface area contributed by atoms with E-state index in [2.05, 4.69) is 5.32 Å². The summed E-state index contributed by atoms with van der Waals surface area (Å²) in [6, 6.07) is 9.53. The van der Waals surface area contributed by atoms with Gasteiger partial charge in [0, 0.05) is 37.4 Å². The highest BCUT2D eigenvalue weighted by molar-refractivity contribution is 6.42. The number of benzene rings is 2. The first kappa shape index (κ1) is 22.2. The quantitative estimate of drug-likeness (QED) is 0.748. The van der Waals surface area contributed by atoms with E-state index in [-0.39, 0.29) is 23.0 Å². The van der Waals surface area contributed by atoms with Crippen molar-refractivity contribution in [2.24, 2.45) is 0 Å². The van der Waals surface area contributed by atoms with Crippen LogP contribution in [0.25, 0.3) is 0 Å². The monoisotopic (exact) mass is 459 g/mol. The van der Waals surface area contributed by atoms with Gasteiger partial charge in [-0.15, -0.1) is 0 Å². The standard InChI is InChI=1S/C20H18Cl2F3N3O2/c21-16-5-4-13(10-17(16)22)19(30)26-12-18(29)28-8-6-27(7-9-28)15-3-1-2-14(11-15)20(23,24)25/h1-5,10-11H,6-9,12H2,(H,26,30). The summed E-state index contributed by atoms with van der Waals surface area (Å²) in [6.45, 7) is 1.29. The van der Waals surface area contributed by atoms with Crippen LogP contribution in [0.2, 0.25) is 10.0 Å². The summed E-state index contributed by atoms with van der Waals surface area (Å²) in [5, 5.41) is 3.10. The van der Waals surface area contributed by atoms with E-state index in [9.17, 15) is 22.8 Å².